The van der Waals surface area contributed by atoms with Crippen LogP contribution in [0, 0.1) is 0 Å². The van der Waals surface area contributed by atoms with Crippen molar-refractivity contribution in [2.24, 2.45) is 0 Å². The minimum atomic E-state index is 0.130. The van der Waals surface area contributed by atoms with Gasteiger partial charge in [-0.05, 0) is 24.3 Å². The summed E-state index contributed by atoms with van der Waals surface area (Å²) in [7, 11) is 1.66. The number of nitrogens with one attached hydrogen (secondary N) is 1. The summed E-state index contributed by atoms with van der Waals surface area (Å²) in [6.45, 7) is 4.02. The first kappa shape index (κ1) is 18.5. The van der Waals surface area contributed by atoms with Crippen LogP contribution in [0.5, 0.6) is 5.75 Å². The molecule has 0 atom stereocenters. The number of halogens is 1. The quantitative estimate of drug-likeness (QED) is 0.845. The van der Waals surface area contributed by atoms with E-state index in [9.17, 15) is 4.79 Å². The summed E-state index contributed by atoms with van der Waals surface area (Å²) >= 11 is 6.06. The average molecular weight is 374 g/mol. The maximum Gasteiger partial charge on any atom is 0.236 e. The second kappa shape index (κ2) is 8.92. The van der Waals surface area contributed by atoms with Crippen molar-refractivity contribution in [3.05, 3.63) is 59.1 Å². The molecule has 0 unspecified atom stereocenters. The van der Waals surface area contributed by atoms with Gasteiger partial charge in [-0.15, -0.1) is 0 Å². The molecule has 138 valence electrons. The van der Waals surface area contributed by atoms with Crippen molar-refractivity contribution < 1.29 is 9.53 Å². The van der Waals surface area contributed by atoms with E-state index in [1.807, 2.05) is 47.4 Å². The molecule has 0 radical (unpaired) electrons. The van der Waals surface area contributed by atoms with Crippen molar-refractivity contribution in [2.45, 2.75) is 6.54 Å². The maximum absolute atomic E-state index is 12.4. The number of hydrogen-bond donors (Lipinski definition) is 1. The molecule has 1 aliphatic rings. The van der Waals surface area contributed by atoms with Gasteiger partial charge < -0.3 is 19.9 Å². The zero-order valence-electron chi connectivity index (χ0n) is 15.0. The lowest BCUT2D eigenvalue weighted by Crippen LogP contribution is -2.50. The third-order valence-corrected chi connectivity index (χ3v) is 4.83. The highest BCUT2D eigenvalue weighted by atomic mass is 35.5. The Kier molecular flexibility index (Phi) is 6.36. The second-order valence-electron chi connectivity index (χ2n) is 6.26. The lowest BCUT2D eigenvalue weighted by Gasteiger charge is -2.36. The number of benzene rings is 2. The third kappa shape index (κ3) is 4.68. The van der Waals surface area contributed by atoms with E-state index in [4.69, 9.17) is 16.3 Å². The van der Waals surface area contributed by atoms with Gasteiger partial charge in [0.2, 0.25) is 5.91 Å². The first-order valence-corrected chi connectivity index (χ1v) is 9.16. The van der Waals surface area contributed by atoms with Gasteiger partial charge in [0.1, 0.15) is 5.75 Å². The van der Waals surface area contributed by atoms with Crippen LogP contribution >= 0.6 is 11.6 Å². The van der Waals surface area contributed by atoms with Gasteiger partial charge >= 0.3 is 0 Å². The topological polar surface area (TPSA) is 44.8 Å². The molecule has 1 heterocycles. The number of carbonyl (C=O) groups is 1. The molecular formula is C20H24ClN3O2. The summed E-state index contributed by atoms with van der Waals surface area (Å²) in [6, 6.07) is 15.7. The minimum absolute atomic E-state index is 0.130. The Morgan fingerprint density at radius 1 is 1.12 bits per heavy atom. The van der Waals surface area contributed by atoms with Gasteiger partial charge in [-0.3, -0.25) is 4.79 Å². The van der Waals surface area contributed by atoms with Gasteiger partial charge in [0.25, 0.3) is 0 Å². The number of amides is 1. The van der Waals surface area contributed by atoms with E-state index in [2.05, 4.69) is 16.3 Å². The van der Waals surface area contributed by atoms with Gasteiger partial charge in [0, 0.05) is 49.0 Å². The molecule has 5 nitrogen and oxygen atoms in total. The second-order valence-corrected chi connectivity index (χ2v) is 6.70. The molecule has 1 amide bonds. The molecule has 0 aromatic heterocycles. The molecule has 2 aromatic rings. The molecule has 0 aliphatic carbocycles. The zero-order chi connectivity index (χ0) is 18.4. The molecule has 1 N–H and O–H groups in total. The standard InChI is InChI=1S/C20H24ClN3O2/c1-26-19-8-3-2-5-16(19)14-22-15-20(25)24-11-9-23(10-12-24)18-7-4-6-17(21)13-18/h2-8,13,22H,9-12,14-15H2,1H3. The molecule has 1 aliphatic heterocycles. The summed E-state index contributed by atoms with van der Waals surface area (Å²) in [5.41, 5.74) is 2.16. The molecule has 6 heteroatoms. The summed E-state index contributed by atoms with van der Waals surface area (Å²) in [5.74, 6) is 0.966. The van der Waals surface area contributed by atoms with Crippen LogP contribution in [0.2, 0.25) is 5.02 Å². The predicted molar refractivity (Wildman–Crippen MR) is 105 cm³/mol. The van der Waals surface area contributed by atoms with Crippen molar-refractivity contribution in [1.82, 2.24) is 10.2 Å². The zero-order valence-corrected chi connectivity index (χ0v) is 15.7. The normalized spacial score (nSPS) is 14.4. The number of nitrogens with zero attached hydrogens (tertiary/aromatic N) is 2. The summed E-state index contributed by atoms with van der Waals surface area (Å²) in [4.78, 5) is 16.6. The highest BCUT2D eigenvalue weighted by Crippen LogP contribution is 2.21. The Hall–Kier alpha value is -2.24. The van der Waals surface area contributed by atoms with Crippen LogP contribution in [0.15, 0.2) is 48.5 Å². The van der Waals surface area contributed by atoms with Crippen molar-refractivity contribution in [3.63, 3.8) is 0 Å². The molecular weight excluding hydrogens is 350 g/mol. The van der Waals surface area contributed by atoms with E-state index in [0.29, 0.717) is 13.1 Å². The van der Waals surface area contributed by atoms with Crippen LogP contribution in [0.4, 0.5) is 5.69 Å². The largest absolute Gasteiger partial charge is 0.496 e. The molecule has 26 heavy (non-hydrogen) atoms. The van der Waals surface area contributed by atoms with Crippen LogP contribution in [0.3, 0.4) is 0 Å². The fraction of sp³-hybridized carbons (Fsp3) is 0.350. The molecule has 1 saturated heterocycles. The number of methoxy groups -OCH3 is 1. The Balaban J connectivity index is 1.45. The number of para-hydroxylation sites is 1. The van der Waals surface area contributed by atoms with Gasteiger partial charge in [-0.2, -0.15) is 0 Å². The Bertz CT molecular complexity index is 745. The Morgan fingerprint density at radius 3 is 2.62 bits per heavy atom. The third-order valence-electron chi connectivity index (χ3n) is 4.59. The lowest BCUT2D eigenvalue weighted by atomic mass is 10.2. The first-order chi connectivity index (χ1) is 12.7. The van der Waals surface area contributed by atoms with Gasteiger partial charge in [-0.25, -0.2) is 0 Å². The lowest BCUT2D eigenvalue weighted by molar-refractivity contribution is -0.130. The van der Waals surface area contributed by atoms with Crippen molar-refractivity contribution >= 4 is 23.2 Å². The fourth-order valence-corrected chi connectivity index (χ4v) is 3.34. The van der Waals surface area contributed by atoms with E-state index in [1.54, 1.807) is 7.11 Å². The van der Waals surface area contributed by atoms with Crippen LogP contribution in [-0.4, -0.2) is 50.6 Å². The first-order valence-electron chi connectivity index (χ1n) is 8.78. The molecule has 1 fully saturated rings. The number of anilines is 1. The summed E-state index contributed by atoms with van der Waals surface area (Å²) < 4.78 is 5.33. The molecule has 3 rings (SSSR count). The Labute approximate surface area is 159 Å². The number of hydrogen-bond acceptors (Lipinski definition) is 4. The minimum Gasteiger partial charge on any atom is -0.496 e. The van der Waals surface area contributed by atoms with Crippen LogP contribution in [0.25, 0.3) is 0 Å². The van der Waals surface area contributed by atoms with E-state index in [1.165, 1.54) is 0 Å². The average Bonchev–Trinajstić information content (AvgIpc) is 2.68. The molecule has 0 spiro atoms. The van der Waals surface area contributed by atoms with Crippen molar-refractivity contribution in [3.8, 4) is 5.75 Å². The van der Waals surface area contributed by atoms with E-state index in [0.717, 1.165) is 48.2 Å². The van der Waals surface area contributed by atoms with E-state index >= 15 is 0 Å². The van der Waals surface area contributed by atoms with Crippen LogP contribution < -0.4 is 15.0 Å². The highest BCUT2D eigenvalue weighted by Gasteiger charge is 2.21. The number of rotatable bonds is 6. The van der Waals surface area contributed by atoms with Crippen molar-refractivity contribution in [2.75, 3.05) is 44.7 Å². The fourth-order valence-electron chi connectivity index (χ4n) is 3.15. The summed E-state index contributed by atoms with van der Waals surface area (Å²) in [6.07, 6.45) is 0. The number of ether oxygens (including phenoxy) is 1. The SMILES string of the molecule is COc1ccccc1CNCC(=O)N1CCN(c2cccc(Cl)c2)CC1. The maximum atomic E-state index is 12.4. The number of piperazine rings is 1. The number of carbonyl (C=O) groups excluding carboxylic acids is 1. The Morgan fingerprint density at radius 2 is 1.88 bits per heavy atom. The van der Waals surface area contributed by atoms with Gasteiger partial charge in [0.15, 0.2) is 0 Å². The molecule has 2 aromatic carbocycles. The summed E-state index contributed by atoms with van der Waals surface area (Å²) in [5, 5.41) is 3.96. The molecule has 0 saturated carbocycles. The van der Waals surface area contributed by atoms with Crippen molar-refractivity contribution in [1.29, 1.82) is 0 Å². The van der Waals surface area contributed by atoms with Gasteiger partial charge in [0.05, 0.1) is 13.7 Å². The predicted octanol–water partition coefficient (Wildman–Crippen LogP) is 2.79. The molecule has 0 bridgehead atoms. The van der Waals surface area contributed by atoms with E-state index in [-0.39, 0.29) is 5.91 Å². The highest BCUT2D eigenvalue weighted by molar-refractivity contribution is 6.30. The van der Waals surface area contributed by atoms with Gasteiger partial charge in [-0.1, -0.05) is 35.9 Å². The van der Waals surface area contributed by atoms with Crippen LogP contribution in [-0.2, 0) is 11.3 Å². The smallest absolute Gasteiger partial charge is 0.236 e. The monoisotopic (exact) mass is 373 g/mol. The van der Waals surface area contributed by atoms with Crippen LogP contribution in [0.1, 0.15) is 5.56 Å². The van der Waals surface area contributed by atoms with E-state index < -0.39 is 0 Å².